The molecule has 1 fully saturated rings. The number of hydrogen-bond donors (Lipinski definition) is 2. The molecule has 6 nitrogen and oxygen atoms in total. The molecule has 1 aromatic carbocycles. The van der Waals surface area contributed by atoms with Crippen LogP contribution in [0, 0.1) is 13.8 Å². The molecular weight excluding hydrogens is 344 g/mol. The Bertz CT molecular complexity index is 930. The molecular formula is C21H22N2O4. The number of amides is 1. The molecule has 1 amide bonds. The molecule has 1 saturated carbocycles. The Labute approximate surface area is 157 Å². The minimum Gasteiger partial charge on any atom is -0.489 e. The quantitative estimate of drug-likeness (QED) is 0.866. The van der Waals surface area contributed by atoms with Gasteiger partial charge in [0.05, 0.1) is 23.3 Å². The van der Waals surface area contributed by atoms with Gasteiger partial charge in [-0.2, -0.15) is 0 Å². The largest absolute Gasteiger partial charge is 0.489 e. The SMILES string of the molecule is Cc1cc(C)c(O[C@H]2CC[C@@]3(CC2)C(=O)Nc2ccc(C(=O)O)cc23)cn1. The Balaban J connectivity index is 1.54. The fraction of sp³-hybridized carbons (Fsp3) is 0.381. The van der Waals surface area contributed by atoms with Crippen molar-refractivity contribution in [3.63, 3.8) is 0 Å². The number of aromatic nitrogens is 1. The minimum atomic E-state index is -0.980. The van der Waals surface area contributed by atoms with E-state index < -0.39 is 11.4 Å². The average Bonchev–Trinajstić information content (AvgIpc) is 2.90. The maximum Gasteiger partial charge on any atom is 0.335 e. The second-order valence-corrected chi connectivity index (χ2v) is 7.51. The third-order valence-electron chi connectivity index (χ3n) is 5.74. The van der Waals surface area contributed by atoms with E-state index in [4.69, 9.17) is 4.74 Å². The number of carbonyl (C=O) groups excluding carboxylic acids is 1. The molecule has 0 atom stereocenters. The summed E-state index contributed by atoms with van der Waals surface area (Å²) in [6.07, 6.45) is 4.52. The number of rotatable bonds is 3. The summed E-state index contributed by atoms with van der Waals surface area (Å²) < 4.78 is 6.14. The van der Waals surface area contributed by atoms with E-state index in [1.165, 1.54) is 6.07 Å². The van der Waals surface area contributed by atoms with Gasteiger partial charge in [0.2, 0.25) is 5.91 Å². The highest BCUT2D eigenvalue weighted by Crippen LogP contribution is 2.48. The Morgan fingerprint density at radius 1 is 1.26 bits per heavy atom. The zero-order valence-electron chi connectivity index (χ0n) is 15.4. The summed E-state index contributed by atoms with van der Waals surface area (Å²) in [5.41, 5.74) is 3.10. The fourth-order valence-electron chi connectivity index (χ4n) is 4.23. The van der Waals surface area contributed by atoms with Crippen LogP contribution in [-0.4, -0.2) is 28.1 Å². The number of anilines is 1. The summed E-state index contributed by atoms with van der Waals surface area (Å²) in [5.74, 6) is -0.232. The smallest absolute Gasteiger partial charge is 0.335 e. The van der Waals surface area contributed by atoms with Crippen molar-refractivity contribution in [3.05, 3.63) is 52.8 Å². The van der Waals surface area contributed by atoms with Crippen molar-refractivity contribution in [1.29, 1.82) is 0 Å². The highest BCUT2D eigenvalue weighted by Gasteiger charge is 2.49. The van der Waals surface area contributed by atoms with E-state index in [1.54, 1.807) is 18.3 Å². The highest BCUT2D eigenvalue weighted by atomic mass is 16.5. The molecule has 0 unspecified atom stereocenters. The van der Waals surface area contributed by atoms with Crippen molar-refractivity contribution in [2.45, 2.75) is 51.0 Å². The van der Waals surface area contributed by atoms with Crippen LogP contribution in [0.1, 0.15) is 52.9 Å². The molecule has 1 aromatic heterocycles. The summed E-state index contributed by atoms with van der Waals surface area (Å²) in [5, 5.41) is 12.2. The van der Waals surface area contributed by atoms with E-state index in [1.807, 2.05) is 19.9 Å². The van der Waals surface area contributed by atoms with E-state index in [0.717, 1.165) is 41.1 Å². The summed E-state index contributed by atoms with van der Waals surface area (Å²) in [4.78, 5) is 28.4. The van der Waals surface area contributed by atoms with Crippen molar-refractivity contribution in [3.8, 4) is 5.75 Å². The van der Waals surface area contributed by atoms with Gasteiger partial charge < -0.3 is 15.2 Å². The number of pyridine rings is 1. The van der Waals surface area contributed by atoms with Crippen molar-refractivity contribution >= 4 is 17.6 Å². The predicted octanol–water partition coefficient (Wildman–Crippen LogP) is 3.61. The second-order valence-electron chi connectivity index (χ2n) is 7.51. The third kappa shape index (κ3) is 2.95. The van der Waals surface area contributed by atoms with Crippen LogP contribution in [0.25, 0.3) is 0 Å². The van der Waals surface area contributed by atoms with E-state index in [0.29, 0.717) is 12.8 Å². The van der Waals surface area contributed by atoms with Gasteiger partial charge >= 0.3 is 5.97 Å². The molecule has 1 spiro atoms. The van der Waals surface area contributed by atoms with E-state index in [9.17, 15) is 14.7 Å². The van der Waals surface area contributed by atoms with E-state index in [-0.39, 0.29) is 17.6 Å². The molecule has 0 radical (unpaired) electrons. The Morgan fingerprint density at radius 3 is 2.67 bits per heavy atom. The van der Waals surface area contributed by atoms with Crippen molar-refractivity contribution in [2.24, 2.45) is 0 Å². The number of carboxylic acids is 1. The molecule has 2 aliphatic rings. The molecule has 2 heterocycles. The minimum absolute atomic E-state index is 0.0262. The number of nitrogens with zero attached hydrogens (tertiary/aromatic N) is 1. The second kappa shape index (κ2) is 6.37. The number of ether oxygens (including phenoxy) is 1. The molecule has 0 bridgehead atoms. The predicted molar refractivity (Wildman–Crippen MR) is 100 cm³/mol. The number of aromatic carboxylic acids is 1. The molecule has 4 rings (SSSR count). The van der Waals surface area contributed by atoms with Crippen LogP contribution in [0.4, 0.5) is 5.69 Å². The van der Waals surface area contributed by atoms with Gasteiger partial charge in [-0.05, 0) is 74.9 Å². The monoisotopic (exact) mass is 366 g/mol. The first-order valence-corrected chi connectivity index (χ1v) is 9.18. The molecule has 2 aromatic rings. The van der Waals surface area contributed by atoms with Gasteiger partial charge in [0.1, 0.15) is 5.75 Å². The van der Waals surface area contributed by atoms with Gasteiger partial charge in [0.15, 0.2) is 0 Å². The third-order valence-corrected chi connectivity index (χ3v) is 5.74. The van der Waals surface area contributed by atoms with Crippen LogP contribution in [0.2, 0.25) is 0 Å². The Kier molecular flexibility index (Phi) is 4.13. The number of hydrogen-bond acceptors (Lipinski definition) is 4. The van der Waals surface area contributed by atoms with Crippen LogP contribution in [0.15, 0.2) is 30.5 Å². The summed E-state index contributed by atoms with van der Waals surface area (Å²) in [6, 6.07) is 6.86. The Hall–Kier alpha value is -2.89. The van der Waals surface area contributed by atoms with E-state index >= 15 is 0 Å². The number of carbonyl (C=O) groups is 2. The van der Waals surface area contributed by atoms with Crippen LogP contribution < -0.4 is 10.1 Å². The highest BCUT2D eigenvalue weighted by molar-refractivity contribution is 6.07. The van der Waals surface area contributed by atoms with Crippen molar-refractivity contribution < 1.29 is 19.4 Å². The first kappa shape index (κ1) is 17.5. The van der Waals surface area contributed by atoms with Gasteiger partial charge in [-0.25, -0.2) is 4.79 Å². The summed E-state index contributed by atoms with van der Waals surface area (Å²) in [7, 11) is 0. The zero-order chi connectivity index (χ0) is 19.2. The Morgan fingerprint density at radius 2 is 2.00 bits per heavy atom. The normalized spacial score (nSPS) is 23.8. The maximum absolute atomic E-state index is 12.7. The van der Waals surface area contributed by atoms with Gasteiger partial charge in [-0.15, -0.1) is 0 Å². The van der Waals surface area contributed by atoms with Gasteiger partial charge in [0, 0.05) is 11.4 Å². The maximum atomic E-state index is 12.7. The van der Waals surface area contributed by atoms with E-state index in [2.05, 4.69) is 10.3 Å². The lowest BCUT2D eigenvalue weighted by atomic mass is 9.69. The topological polar surface area (TPSA) is 88.5 Å². The summed E-state index contributed by atoms with van der Waals surface area (Å²) in [6.45, 7) is 3.95. The number of benzene rings is 1. The lowest BCUT2D eigenvalue weighted by Crippen LogP contribution is -2.41. The average molecular weight is 366 g/mol. The number of nitrogens with one attached hydrogen (secondary N) is 1. The number of aryl methyl sites for hydroxylation is 2. The number of fused-ring (bicyclic) bond motifs is 2. The standard InChI is InChI=1S/C21H22N2O4/c1-12-9-13(2)22-11-18(12)27-15-5-7-21(8-6-15)16-10-14(19(24)25)3-4-17(16)23-20(21)26/h3-4,9-11,15H,5-8H2,1-2H3,(H,23,26)(H,24,25)/t15-,21-. The fourth-order valence-corrected chi connectivity index (χ4v) is 4.23. The molecule has 1 aliphatic heterocycles. The van der Waals surface area contributed by atoms with Gasteiger partial charge in [-0.1, -0.05) is 0 Å². The van der Waals surface area contributed by atoms with Gasteiger partial charge in [-0.3, -0.25) is 9.78 Å². The molecule has 0 saturated heterocycles. The van der Waals surface area contributed by atoms with Crippen LogP contribution in [0.3, 0.4) is 0 Å². The van der Waals surface area contributed by atoms with Crippen molar-refractivity contribution in [2.75, 3.05) is 5.32 Å². The lowest BCUT2D eigenvalue weighted by molar-refractivity contribution is -0.122. The number of carboxylic acid groups (broad SMARTS) is 1. The molecule has 1 aliphatic carbocycles. The van der Waals surface area contributed by atoms with Crippen LogP contribution in [-0.2, 0) is 10.2 Å². The van der Waals surface area contributed by atoms with Gasteiger partial charge in [0.25, 0.3) is 0 Å². The first-order valence-electron chi connectivity index (χ1n) is 9.18. The first-order chi connectivity index (χ1) is 12.9. The summed E-state index contributed by atoms with van der Waals surface area (Å²) >= 11 is 0. The lowest BCUT2D eigenvalue weighted by Gasteiger charge is -2.36. The molecule has 140 valence electrons. The molecule has 2 N–H and O–H groups in total. The van der Waals surface area contributed by atoms with Crippen LogP contribution in [0.5, 0.6) is 5.75 Å². The van der Waals surface area contributed by atoms with Crippen LogP contribution >= 0.6 is 0 Å². The molecule has 6 heteroatoms. The molecule has 27 heavy (non-hydrogen) atoms. The zero-order valence-corrected chi connectivity index (χ0v) is 15.4. The van der Waals surface area contributed by atoms with Crippen molar-refractivity contribution in [1.82, 2.24) is 4.98 Å².